The Kier molecular flexibility index (Phi) is 4.22. The molecule has 0 saturated carbocycles. The summed E-state index contributed by atoms with van der Waals surface area (Å²) < 4.78 is 0. The predicted octanol–water partition coefficient (Wildman–Crippen LogP) is 3.82. The fraction of sp³-hybridized carbons (Fsp3) is 0.167. The maximum absolute atomic E-state index is 12.5. The molecule has 0 fully saturated rings. The molecular weight excluding hydrogens is 280 g/mol. The second-order valence-electron chi connectivity index (χ2n) is 5.44. The zero-order valence-corrected chi connectivity index (χ0v) is 12.5. The van der Waals surface area contributed by atoms with Gasteiger partial charge in [0.15, 0.2) is 17.3 Å². The number of hydrogen-bond acceptors (Lipinski definition) is 4. The zero-order valence-electron chi connectivity index (χ0n) is 12.5. The quantitative estimate of drug-likeness (QED) is 0.455. The Bertz CT molecular complexity index is 745. The van der Waals surface area contributed by atoms with Crippen molar-refractivity contribution in [3.63, 3.8) is 0 Å². The zero-order chi connectivity index (χ0) is 16.4. The molecule has 0 saturated heterocycles. The number of carbonyl (C=O) groups is 1. The van der Waals surface area contributed by atoms with Crippen LogP contribution in [0.15, 0.2) is 43.0 Å². The lowest BCUT2D eigenvalue weighted by atomic mass is 9.93. The van der Waals surface area contributed by atoms with E-state index in [4.69, 9.17) is 0 Å². The Morgan fingerprint density at radius 1 is 0.955 bits per heavy atom. The molecule has 3 N–H and O–H groups in total. The van der Waals surface area contributed by atoms with Crippen LogP contribution < -0.4 is 0 Å². The van der Waals surface area contributed by atoms with Gasteiger partial charge in [-0.2, -0.15) is 0 Å². The molecule has 0 aliphatic heterocycles. The highest BCUT2D eigenvalue weighted by molar-refractivity contribution is 6.29. The second kappa shape index (κ2) is 5.93. The SMILES string of the molecule is C=C(C(=O)c1cc(C(C)C)ccc1O)c1ccc(O)c(O)c1. The number of phenols is 3. The van der Waals surface area contributed by atoms with Crippen molar-refractivity contribution in [3.05, 3.63) is 59.7 Å². The van der Waals surface area contributed by atoms with Gasteiger partial charge in [-0.05, 0) is 41.3 Å². The summed E-state index contributed by atoms with van der Waals surface area (Å²) in [6, 6.07) is 8.94. The third-order valence-corrected chi connectivity index (χ3v) is 3.53. The van der Waals surface area contributed by atoms with Crippen molar-refractivity contribution in [2.45, 2.75) is 19.8 Å². The van der Waals surface area contributed by atoms with Crippen molar-refractivity contribution in [2.24, 2.45) is 0 Å². The highest BCUT2D eigenvalue weighted by atomic mass is 16.3. The monoisotopic (exact) mass is 298 g/mol. The van der Waals surface area contributed by atoms with Gasteiger partial charge in [-0.1, -0.05) is 32.6 Å². The summed E-state index contributed by atoms with van der Waals surface area (Å²) in [5.74, 6) is -0.915. The van der Waals surface area contributed by atoms with Crippen LogP contribution >= 0.6 is 0 Å². The van der Waals surface area contributed by atoms with Crippen LogP contribution in [0.4, 0.5) is 0 Å². The average molecular weight is 298 g/mol. The van der Waals surface area contributed by atoms with Crippen molar-refractivity contribution in [3.8, 4) is 17.2 Å². The van der Waals surface area contributed by atoms with Crippen LogP contribution in [0.3, 0.4) is 0 Å². The molecular formula is C18H18O4. The molecule has 2 aromatic carbocycles. The number of allylic oxidation sites excluding steroid dienone is 1. The molecule has 0 amide bonds. The molecule has 2 rings (SSSR count). The van der Waals surface area contributed by atoms with Gasteiger partial charge in [-0.25, -0.2) is 0 Å². The van der Waals surface area contributed by atoms with E-state index in [0.717, 1.165) is 5.56 Å². The smallest absolute Gasteiger partial charge is 0.196 e. The van der Waals surface area contributed by atoms with Gasteiger partial charge in [-0.3, -0.25) is 4.79 Å². The molecule has 4 nitrogen and oxygen atoms in total. The van der Waals surface area contributed by atoms with Gasteiger partial charge in [0.2, 0.25) is 0 Å². The number of hydrogen-bond donors (Lipinski definition) is 3. The van der Waals surface area contributed by atoms with Crippen LogP contribution in [-0.2, 0) is 0 Å². The number of rotatable bonds is 4. The van der Waals surface area contributed by atoms with E-state index in [-0.39, 0.29) is 34.3 Å². The molecule has 4 heteroatoms. The second-order valence-corrected chi connectivity index (χ2v) is 5.44. The first-order valence-corrected chi connectivity index (χ1v) is 6.90. The first-order valence-electron chi connectivity index (χ1n) is 6.90. The fourth-order valence-electron chi connectivity index (χ4n) is 2.10. The average Bonchev–Trinajstić information content (AvgIpc) is 2.48. The summed E-state index contributed by atoms with van der Waals surface area (Å²) in [5, 5.41) is 28.8. The van der Waals surface area contributed by atoms with Crippen LogP contribution in [0.5, 0.6) is 17.2 Å². The fourth-order valence-corrected chi connectivity index (χ4v) is 2.10. The Balaban J connectivity index is 2.40. The third-order valence-electron chi connectivity index (χ3n) is 3.53. The first-order chi connectivity index (χ1) is 10.3. The summed E-state index contributed by atoms with van der Waals surface area (Å²) in [6.07, 6.45) is 0. The van der Waals surface area contributed by atoms with E-state index in [9.17, 15) is 20.1 Å². The Morgan fingerprint density at radius 3 is 2.18 bits per heavy atom. The number of Topliss-reactive ketones (excluding diaryl/α,β-unsaturated/α-hetero) is 1. The number of carbonyl (C=O) groups excluding carboxylic acids is 1. The summed E-state index contributed by atoms with van der Waals surface area (Å²) in [7, 11) is 0. The molecule has 0 unspecified atom stereocenters. The molecule has 0 aliphatic rings. The van der Waals surface area contributed by atoms with E-state index in [0.29, 0.717) is 5.56 Å². The number of phenolic OH excluding ortho intramolecular Hbond substituents is 3. The molecule has 22 heavy (non-hydrogen) atoms. The molecule has 0 bridgehead atoms. The van der Waals surface area contributed by atoms with E-state index < -0.39 is 5.78 Å². The van der Waals surface area contributed by atoms with Crippen LogP contribution in [0, 0.1) is 0 Å². The largest absolute Gasteiger partial charge is 0.507 e. The molecule has 0 radical (unpaired) electrons. The normalized spacial score (nSPS) is 10.7. The standard InChI is InChI=1S/C18H18O4/c1-10(2)12-4-6-15(19)14(8-12)18(22)11(3)13-5-7-16(20)17(21)9-13/h4-10,19-21H,3H2,1-2H3. The van der Waals surface area contributed by atoms with Gasteiger partial charge >= 0.3 is 0 Å². The Hall–Kier alpha value is -2.75. The number of benzene rings is 2. The van der Waals surface area contributed by atoms with E-state index in [2.05, 4.69) is 6.58 Å². The summed E-state index contributed by atoms with van der Waals surface area (Å²) in [4.78, 5) is 12.5. The van der Waals surface area contributed by atoms with E-state index in [1.165, 1.54) is 24.3 Å². The van der Waals surface area contributed by atoms with Gasteiger partial charge in [-0.15, -0.1) is 0 Å². The molecule has 0 aromatic heterocycles. The van der Waals surface area contributed by atoms with Crippen LogP contribution in [-0.4, -0.2) is 21.1 Å². The summed E-state index contributed by atoms with van der Waals surface area (Å²) in [5.41, 5.74) is 1.62. The van der Waals surface area contributed by atoms with Crippen LogP contribution in [0.25, 0.3) is 5.57 Å². The third kappa shape index (κ3) is 2.96. The lowest BCUT2D eigenvalue weighted by molar-refractivity contribution is 0.105. The molecule has 114 valence electrons. The van der Waals surface area contributed by atoms with E-state index >= 15 is 0 Å². The molecule has 0 heterocycles. The van der Waals surface area contributed by atoms with Gasteiger partial charge < -0.3 is 15.3 Å². The number of aromatic hydroxyl groups is 3. The van der Waals surface area contributed by atoms with Crippen LogP contribution in [0.1, 0.15) is 41.3 Å². The molecule has 0 atom stereocenters. The highest BCUT2D eigenvalue weighted by Gasteiger charge is 2.18. The van der Waals surface area contributed by atoms with Gasteiger partial charge in [0.05, 0.1) is 5.56 Å². The molecule has 0 spiro atoms. The van der Waals surface area contributed by atoms with Crippen LogP contribution in [0.2, 0.25) is 0 Å². The topological polar surface area (TPSA) is 77.8 Å². The Morgan fingerprint density at radius 2 is 1.59 bits per heavy atom. The Labute approximate surface area is 129 Å². The summed E-state index contributed by atoms with van der Waals surface area (Å²) in [6.45, 7) is 7.72. The van der Waals surface area contributed by atoms with Crippen molar-refractivity contribution < 1.29 is 20.1 Å². The maximum Gasteiger partial charge on any atom is 0.196 e. The summed E-state index contributed by atoms with van der Waals surface area (Å²) >= 11 is 0. The van der Waals surface area contributed by atoms with Crippen molar-refractivity contribution in [1.82, 2.24) is 0 Å². The molecule has 2 aromatic rings. The lowest BCUT2D eigenvalue weighted by Gasteiger charge is -2.11. The van der Waals surface area contributed by atoms with Gasteiger partial charge in [0.1, 0.15) is 5.75 Å². The maximum atomic E-state index is 12.5. The first kappa shape index (κ1) is 15.6. The minimum absolute atomic E-state index is 0.112. The van der Waals surface area contributed by atoms with Crippen molar-refractivity contribution in [1.29, 1.82) is 0 Å². The predicted molar refractivity (Wildman–Crippen MR) is 85.3 cm³/mol. The van der Waals surface area contributed by atoms with Gasteiger partial charge in [0.25, 0.3) is 0 Å². The minimum Gasteiger partial charge on any atom is -0.507 e. The lowest BCUT2D eigenvalue weighted by Crippen LogP contribution is -2.03. The van der Waals surface area contributed by atoms with Crippen molar-refractivity contribution in [2.75, 3.05) is 0 Å². The minimum atomic E-state index is -0.426. The van der Waals surface area contributed by atoms with Crippen molar-refractivity contribution >= 4 is 11.4 Å². The van der Waals surface area contributed by atoms with E-state index in [1.807, 2.05) is 13.8 Å². The molecule has 0 aliphatic carbocycles. The van der Waals surface area contributed by atoms with Gasteiger partial charge in [0, 0.05) is 5.57 Å². The van der Waals surface area contributed by atoms with E-state index in [1.54, 1.807) is 12.1 Å². The number of ketones is 1. The highest BCUT2D eigenvalue weighted by Crippen LogP contribution is 2.31.